The van der Waals surface area contributed by atoms with Gasteiger partial charge in [-0.2, -0.15) is 0 Å². The van der Waals surface area contributed by atoms with Crippen LogP contribution in [-0.2, 0) is 6.04 Å². The molecule has 1 unspecified atom stereocenters. The zero-order chi connectivity index (χ0) is 12.8. The van der Waals surface area contributed by atoms with Crippen LogP contribution in [-0.4, -0.2) is 15.3 Å². The number of fused-ring (bicyclic) bond motifs is 1. The Bertz CT molecular complexity index is 579. The quantitative estimate of drug-likeness (QED) is 0.706. The first-order valence-corrected chi connectivity index (χ1v) is 9.16. The number of rotatable bonds is 1. The molecule has 1 nitrogen and oxygen atoms in total. The second kappa shape index (κ2) is 3.99. The van der Waals surface area contributed by atoms with Crippen LogP contribution in [0.1, 0.15) is 11.1 Å². The first kappa shape index (κ1) is 11.5. The zero-order valence-electron chi connectivity index (χ0n) is 11.3. The molecule has 0 radical (unpaired) electrons. The number of nitrogens with zero attached hydrogens (tertiary/aromatic N) is 1. The van der Waals surface area contributed by atoms with E-state index in [1.165, 1.54) is 28.0 Å². The van der Waals surface area contributed by atoms with Crippen LogP contribution in [0.4, 0.5) is 5.69 Å². The van der Waals surface area contributed by atoms with Gasteiger partial charge in [0.25, 0.3) is 0 Å². The minimum Gasteiger partial charge on any atom is -0.396 e. The number of hydrogen-bond donors (Lipinski definition) is 0. The van der Waals surface area contributed by atoms with E-state index in [2.05, 4.69) is 73.6 Å². The second-order valence-electron chi connectivity index (χ2n) is 5.46. The Hall–Kier alpha value is -1.54. The van der Waals surface area contributed by atoms with Gasteiger partial charge in [0.1, 0.15) is 0 Å². The highest BCUT2D eigenvalue weighted by Crippen LogP contribution is 2.37. The molecule has 2 heteroatoms. The number of hydrogen-bond acceptors (Lipinski definition) is 1. The third-order valence-electron chi connectivity index (χ3n) is 4.33. The predicted molar refractivity (Wildman–Crippen MR) is 81.0 cm³/mol. The molecule has 0 saturated heterocycles. The van der Waals surface area contributed by atoms with E-state index >= 15 is 0 Å². The van der Waals surface area contributed by atoms with Gasteiger partial charge in [-0.15, -0.1) is 0 Å². The Morgan fingerprint density at radius 3 is 2.39 bits per heavy atom. The van der Waals surface area contributed by atoms with E-state index in [0.717, 1.165) is 0 Å². The average Bonchev–Trinajstić information content (AvgIpc) is 2.65. The summed E-state index contributed by atoms with van der Waals surface area (Å²) in [6, 6.07) is 19.0. The first-order chi connectivity index (χ1) is 8.63. The van der Waals surface area contributed by atoms with Crippen molar-refractivity contribution in [2.24, 2.45) is 0 Å². The van der Waals surface area contributed by atoms with Crippen molar-refractivity contribution in [3.8, 4) is 0 Å². The van der Waals surface area contributed by atoms with Crippen molar-refractivity contribution in [1.82, 2.24) is 0 Å². The van der Waals surface area contributed by atoms with E-state index in [4.69, 9.17) is 0 Å². The molecular weight excluding hydrogens is 234 g/mol. The molecule has 18 heavy (non-hydrogen) atoms. The number of benzene rings is 2. The topological polar surface area (TPSA) is 3.24 Å². The van der Waals surface area contributed by atoms with Gasteiger partial charge in [-0.3, -0.25) is 0 Å². The number of para-hydroxylation sites is 1. The summed E-state index contributed by atoms with van der Waals surface area (Å²) in [5.41, 5.74) is 4.40. The molecule has 0 fully saturated rings. The van der Waals surface area contributed by atoms with Crippen LogP contribution in [0.3, 0.4) is 0 Å². The lowest BCUT2D eigenvalue weighted by Crippen LogP contribution is -2.57. The Kier molecular flexibility index (Phi) is 2.56. The number of anilines is 1. The SMILES string of the molecule is Cc1cccc2c1N(C)[Si](C)(c1ccccc1)C2. The molecule has 0 amide bonds. The van der Waals surface area contributed by atoms with Crippen LogP contribution in [0.25, 0.3) is 0 Å². The lowest BCUT2D eigenvalue weighted by molar-refractivity contribution is 1.26. The maximum Gasteiger partial charge on any atom is 0.189 e. The molecular formula is C16H19NSi. The minimum atomic E-state index is -1.57. The third kappa shape index (κ3) is 1.52. The fourth-order valence-electron chi connectivity index (χ4n) is 3.17. The van der Waals surface area contributed by atoms with Crippen molar-refractivity contribution < 1.29 is 0 Å². The van der Waals surface area contributed by atoms with Crippen LogP contribution >= 0.6 is 0 Å². The zero-order valence-corrected chi connectivity index (χ0v) is 12.3. The van der Waals surface area contributed by atoms with Gasteiger partial charge in [-0.1, -0.05) is 48.5 Å². The summed E-state index contributed by atoms with van der Waals surface area (Å²) < 4.78 is 2.58. The highest BCUT2D eigenvalue weighted by molar-refractivity contribution is 6.94. The summed E-state index contributed by atoms with van der Waals surface area (Å²) in [5, 5.41) is 1.53. The van der Waals surface area contributed by atoms with Crippen molar-refractivity contribution in [3.63, 3.8) is 0 Å². The van der Waals surface area contributed by atoms with E-state index < -0.39 is 8.24 Å². The highest BCUT2D eigenvalue weighted by atomic mass is 28.3. The lowest BCUT2D eigenvalue weighted by Gasteiger charge is -2.33. The van der Waals surface area contributed by atoms with E-state index in [9.17, 15) is 0 Å². The van der Waals surface area contributed by atoms with Crippen LogP contribution in [0.15, 0.2) is 48.5 Å². The molecule has 0 bridgehead atoms. The second-order valence-corrected chi connectivity index (χ2v) is 9.61. The molecule has 0 aromatic heterocycles. The van der Waals surface area contributed by atoms with Crippen LogP contribution in [0, 0.1) is 6.92 Å². The predicted octanol–water partition coefficient (Wildman–Crippen LogP) is 3.01. The fraction of sp³-hybridized carbons (Fsp3) is 0.250. The molecule has 3 rings (SSSR count). The molecule has 1 atom stereocenters. The molecule has 0 aliphatic carbocycles. The van der Waals surface area contributed by atoms with E-state index in [1.54, 1.807) is 0 Å². The number of aryl methyl sites for hydroxylation is 1. The molecule has 2 aromatic carbocycles. The summed E-state index contributed by atoms with van der Waals surface area (Å²) in [6.07, 6.45) is 0. The highest BCUT2D eigenvalue weighted by Gasteiger charge is 2.42. The van der Waals surface area contributed by atoms with E-state index in [0.29, 0.717) is 0 Å². The van der Waals surface area contributed by atoms with Crippen LogP contribution in [0.5, 0.6) is 0 Å². The van der Waals surface area contributed by atoms with Gasteiger partial charge < -0.3 is 4.57 Å². The van der Waals surface area contributed by atoms with Gasteiger partial charge in [-0.05, 0) is 42.9 Å². The Morgan fingerprint density at radius 1 is 1.00 bits per heavy atom. The Labute approximate surface area is 110 Å². The van der Waals surface area contributed by atoms with Crippen molar-refractivity contribution in [2.45, 2.75) is 19.5 Å². The summed E-state index contributed by atoms with van der Waals surface area (Å²) in [5.74, 6) is 0. The van der Waals surface area contributed by atoms with Crippen molar-refractivity contribution in [3.05, 3.63) is 59.7 Å². The van der Waals surface area contributed by atoms with Crippen molar-refractivity contribution in [2.75, 3.05) is 11.6 Å². The van der Waals surface area contributed by atoms with Gasteiger partial charge in [0.15, 0.2) is 8.24 Å². The monoisotopic (exact) mass is 253 g/mol. The maximum atomic E-state index is 2.58. The Morgan fingerprint density at radius 2 is 1.72 bits per heavy atom. The molecule has 2 aromatic rings. The van der Waals surface area contributed by atoms with Gasteiger partial charge in [0.2, 0.25) is 0 Å². The van der Waals surface area contributed by atoms with Crippen LogP contribution < -0.4 is 9.75 Å². The Balaban J connectivity index is 2.12. The molecule has 0 spiro atoms. The molecule has 92 valence electrons. The third-order valence-corrected chi connectivity index (χ3v) is 8.68. The molecule has 1 heterocycles. The largest absolute Gasteiger partial charge is 0.396 e. The molecule has 0 saturated carbocycles. The van der Waals surface area contributed by atoms with Crippen LogP contribution in [0.2, 0.25) is 6.55 Å². The average molecular weight is 253 g/mol. The minimum absolute atomic E-state index is 1.23. The van der Waals surface area contributed by atoms with E-state index in [-0.39, 0.29) is 0 Å². The molecule has 1 aliphatic heterocycles. The maximum absolute atomic E-state index is 2.58. The van der Waals surface area contributed by atoms with Gasteiger partial charge >= 0.3 is 0 Å². The first-order valence-electron chi connectivity index (χ1n) is 6.51. The smallest absolute Gasteiger partial charge is 0.189 e. The summed E-state index contributed by atoms with van der Waals surface area (Å²) >= 11 is 0. The van der Waals surface area contributed by atoms with E-state index in [1.807, 2.05) is 0 Å². The summed E-state index contributed by atoms with van der Waals surface area (Å²) in [7, 11) is 0.707. The van der Waals surface area contributed by atoms with Crippen molar-refractivity contribution in [1.29, 1.82) is 0 Å². The van der Waals surface area contributed by atoms with Crippen molar-refractivity contribution >= 4 is 19.1 Å². The fourth-order valence-corrected chi connectivity index (χ4v) is 6.75. The summed E-state index contributed by atoms with van der Waals surface area (Å²) in [6.45, 7) is 4.70. The molecule has 1 aliphatic rings. The standard InChI is InChI=1S/C16H19NSi/c1-13-8-7-9-14-12-18(3,17(2)16(13)14)15-10-5-4-6-11-15/h4-11H,12H2,1-3H3. The summed E-state index contributed by atoms with van der Waals surface area (Å²) in [4.78, 5) is 0. The van der Waals surface area contributed by atoms with Gasteiger partial charge in [0, 0.05) is 5.69 Å². The normalized spacial score (nSPS) is 22.1. The molecule has 0 N–H and O–H groups in total. The van der Waals surface area contributed by atoms with Gasteiger partial charge in [0.05, 0.1) is 0 Å². The lowest BCUT2D eigenvalue weighted by atomic mass is 10.1. The van der Waals surface area contributed by atoms with Gasteiger partial charge in [-0.25, -0.2) is 0 Å².